The molecule has 0 aromatic carbocycles. The maximum absolute atomic E-state index is 11.5. The Morgan fingerprint density at radius 2 is 1.96 bits per heavy atom. The number of carboxylic acids is 1. The Morgan fingerprint density at radius 1 is 1.26 bits per heavy atom. The van der Waals surface area contributed by atoms with Crippen molar-refractivity contribution in [2.24, 2.45) is 5.41 Å². The average molecular weight is 370 g/mol. The van der Waals surface area contributed by atoms with Gasteiger partial charge in [0, 0.05) is 42.2 Å². The predicted molar refractivity (Wildman–Crippen MR) is 103 cm³/mol. The molecule has 0 bridgehead atoms. The fraction of sp³-hybridized carbons (Fsp3) is 0.500. The van der Waals surface area contributed by atoms with Crippen LogP contribution in [-0.4, -0.2) is 46.5 Å². The van der Waals surface area contributed by atoms with Crippen LogP contribution < -0.4 is 9.64 Å². The molecule has 0 amide bonds. The second-order valence-electron chi connectivity index (χ2n) is 7.77. The highest BCUT2D eigenvalue weighted by Gasteiger charge is 2.29. The van der Waals surface area contributed by atoms with Crippen LogP contribution in [0.25, 0.3) is 11.3 Å². The molecule has 144 valence electrons. The number of pyridine rings is 1. The molecule has 0 radical (unpaired) electrons. The highest BCUT2D eigenvalue weighted by Crippen LogP contribution is 2.39. The summed E-state index contributed by atoms with van der Waals surface area (Å²) in [6.07, 6.45) is 3.81. The van der Waals surface area contributed by atoms with Gasteiger partial charge in [-0.25, -0.2) is 0 Å². The van der Waals surface area contributed by atoms with Gasteiger partial charge in [-0.3, -0.25) is 9.78 Å². The Morgan fingerprint density at radius 3 is 2.52 bits per heavy atom. The standard InChI is InChI=1S/C20H26N4O3/c1-13-14(11-18(25)26)19(24-9-7-20(2,3)8-10-24)15(12-21-13)16-5-6-17(27-4)23-22-16/h5-6,12H,7-11H2,1-4H3,(H,25,26). The molecule has 0 atom stereocenters. The molecule has 1 saturated heterocycles. The number of hydrogen-bond donors (Lipinski definition) is 1. The van der Waals surface area contributed by atoms with Gasteiger partial charge >= 0.3 is 5.97 Å². The molecule has 1 fully saturated rings. The van der Waals surface area contributed by atoms with E-state index in [1.54, 1.807) is 19.4 Å². The third kappa shape index (κ3) is 4.18. The number of carboxylic acid groups (broad SMARTS) is 1. The van der Waals surface area contributed by atoms with Crippen LogP contribution in [0.4, 0.5) is 5.69 Å². The molecule has 3 heterocycles. The molecule has 0 aliphatic carbocycles. The number of piperidine rings is 1. The van der Waals surface area contributed by atoms with Crippen LogP contribution in [0, 0.1) is 12.3 Å². The monoisotopic (exact) mass is 370 g/mol. The molecule has 2 aromatic rings. The highest BCUT2D eigenvalue weighted by atomic mass is 16.5. The number of anilines is 1. The van der Waals surface area contributed by atoms with E-state index in [4.69, 9.17) is 4.74 Å². The molecule has 1 N–H and O–H groups in total. The first-order valence-corrected chi connectivity index (χ1v) is 9.14. The van der Waals surface area contributed by atoms with Crippen LogP contribution in [0.2, 0.25) is 0 Å². The largest absolute Gasteiger partial charge is 0.481 e. The van der Waals surface area contributed by atoms with Crippen LogP contribution in [-0.2, 0) is 11.2 Å². The first-order valence-electron chi connectivity index (χ1n) is 9.14. The first-order chi connectivity index (χ1) is 12.8. The van der Waals surface area contributed by atoms with Gasteiger partial charge in [-0.05, 0) is 31.2 Å². The third-order valence-electron chi connectivity index (χ3n) is 5.25. The van der Waals surface area contributed by atoms with Crippen LogP contribution in [0.1, 0.15) is 37.9 Å². The number of methoxy groups -OCH3 is 1. The maximum atomic E-state index is 11.5. The van der Waals surface area contributed by atoms with Crippen LogP contribution >= 0.6 is 0 Å². The fourth-order valence-electron chi connectivity index (χ4n) is 3.45. The molecule has 0 saturated carbocycles. The van der Waals surface area contributed by atoms with Crippen molar-refractivity contribution in [3.8, 4) is 17.1 Å². The van der Waals surface area contributed by atoms with E-state index in [2.05, 4.69) is 33.9 Å². The maximum Gasteiger partial charge on any atom is 0.307 e. The highest BCUT2D eigenvalue weighted by molar-refractivity contribution is 5.83. The van der Waals surface area contributed by atoms with Crippen molar-refractivity contribution < 1.29 is 14.6 Å². The van der Waals surface area contributed by atoms with E-state index in [0.29, 0.717) is 17.0 Å². The van der Waals surface area contributed by atoms with Gasteiger partial charge in [0.25, 0.3) is 0 Å². The lowest BCUT2D eigenvalue weighted by molar-refractivity contribution is -0.136. The lowest BCUT2D eigenvalue weighted by Crippen LogP contribution is -2.38. The zero-order valence-corrected chi connectivity index (χ0v) is 16.3. The fourth-order valence-corrected chi connectivity index (χ4v) is 3.45. The van der Waals surface area contributed by atoms with Gasteiger partial charge in [0.05, 0.1) is 24.9 Å². The summed E-state index contributed by atoms with van der Waals surface area (Å²) in [6, 6.07) is 3.59. The smallest absolute Gasteiger partial charge is 0.307 e. The lowest BCUT2D eigenvalue weighted by atomic mass is 9.82. The number of ether oxygens (including phenoxy) is 1. The Balaban J connectivity index is 2.10. The molecule has 7 nitrogen and oxygen atoms in total. The molecular formula is C20H26N4O3. The van der Waals surface area contributed by atoms with E-state index in [1.165, 1.54) is 0 Å². The summed E-state index contributed by atoms with van der Waals surface area (Å²) in [5, 5.41) is 17.8. The summed E-state index contributed by atoms with van der Waals surface area (Å²) in [7, 11) is 1.54. The molecule has 7 heteroatoms. The molecule has 0 spiro atoms. The molecule has 27 heavy (non-hydrogen) atoms. The number of aliphatic carboxylic acids is 1. The van der Waals surface area contributed by atoms with Crippen LogP contribution in [0.15, 0.2) is 18.3 Å². The second kappa shape index (κ2) is 7.50. The quantitative estimate of drug-likeness (QED) is 0.865. The van der Waals surface area contributed by atoms with E-state index in [-0.39, 0.29) is 6.42 Å². The van der Waals surface area contributed by atoms with Gasteiger partial charge in [0.2, 0.25) is 5.88 Å². The van der Waals surface area contributed by atoms with E-state index in [0.717, 1.165) is 48.4 Å². The Kier molecular flexibility index (Phi) is 5.30. The number of aromatic nitrogens is 3. The third-order valence-corrected chi connectivity index (χ3v) is 5.25. The molecular weight excluding hydrogens is 344 g/mol. The lowest BCUT2D eigenvalue weighted by Gasteiger charge is -2.39. The van der Waals surface area contributed by atoms with Crippen molar-refractivity contribution in [3.05, 3.63) is 29.6 Å². The van der Waals surface area contributed by atoms with Gasteiger partial charge in [-0.1, -0.05) is 13.8 Å². The number of nitrogens with zero attached hydrogens (tertiary/aromatic N) is 4. The van der Waals surface area contributed by atoms with Crippen molar-refractivity contribution in [1.82, 2.24) is 15.2 Å². The minimum absolute atomic E-state index is 0.0640. The molecule has 0 unspecified atom stereocenters. The van der Waals surface area contributed by atoms with Crippen LogP contribution in [0.5, 0.6) is 5.88 Å². The molecule has 3 rings (SSSR count). The minimum Gasteiger partial charge on any atom is -0.481 e. The number of carbonyl (C=O) groups is 1. The summed E-state index contributed by atoms with van der Waals surface area (Å²) >= 11 is 0. The van der Waals surface area contributed by atoms with Gasteiger partial charge in [-0.15, -0.1) is 10.2 Å². The van der Waals surface area contributed by atoms with Gasteiger partial charge < -0.3 is 14.7 Å². The van der Waals surface area contributed by atoms with E-state index < -0.39 is 5.97 Å². The second-order valence-corrected chi connectivity index (χ2v) is 7.77. The summed E-state index contributed by atoms with van der Waals surface area (Å²) in [6.45, 7) is 8.16. The number of aryl methyl sites for hydroxylation is 1. The molecule has 2 aromatic heterocycles. The summed E-state index contributed by atoms with van der Waals surface area (Å²) in [5.74, 6) is -0.428. The molecule has 1 aliphatic rings. The zero-order chi connectivity index (χ0) is 19.6. The first kappa shape index (κ1) is 19.1. The number of rotatable bonds is 5. The van der Waals surface area contributed by atoms with Crippen molar-refractivity contribution in [2.45, 2.75) is 40.0 Å². The van der Waals surface area contributed by atoms with Crippen molar-refractivity contribution in [3.63, 3.8) is 0 Å². The summed E-state index contributed by atoms with van der Waals surface area (Å²) in [4.78, 5) is 18.2. The van der Waals surface area contributed by atoms with Gasteiger partial charge in [0.1, 0.15) is 0 Å². The topological polar surface area (TPSA) is 88.4 Å². The Hall–Kier alpha value is -2.70. The predicted octanol–water partition coefficient (Wildman–Crippen LogP) is 3.11. The molecule has 1 aliphatic heterocycles. The average Bonchev–Trinajstić information content (AvgIpc) is 2.63. The van der Waals surface area contributed by atoms with Crippen molar-refractivity contribution in [2.75, 3.05) is 25.1 Å². The minimum atomic E-state index is -0.864. The SMILES string of the molecule is COc1ccc(-c2cnc(C)c(CC(=O)O)c2N2CCC(C)(C)CC2)nn1. The van der Waals surface area contributed by atoms with E-state index in [1.807, 2.05) is 13.0 Å². The summed E-state index contributed by atoms with van der Waals surface area (Å²) in [5.41, 5.74) is 4.17. The zero-order valence-electron chi connectivity index (χ0n) is 16.3. The van der Waals surface area contributed by atoms with E-state index in [9.17, 15) is 9.90 Å². The van der Waals surface area contributed by atoms with Crippen molar-refractivity contribution in [1.29, 1.82) is 0 Å². The summed E-state index contributed by atoms with van der Waals surface area (Å²) < 4.78 is 5.09. The van der Waals surface area contributed by atoms with Crippen molar-refractivity contribution >= 4 is 11.7 Å². The van der Waals surface area contributed by atoms with Crippen LogP contribution in [0.3, 0.4) is 0 Å². The Labute approximate surface area is 159 Å². The normalized spacial score (nSPS) is 16.2. The Bertz CT molecular complexity index is 824. The van der Waals surface area contributed by atoms with Gasteiger partial charge in [0.15, 0.2) is 0 Å². The van der Waals surface area contributed by atoms with Gasteiger partial charge in [-0.2, -0.15) is 0 Å². The van der Waals surface area contributed by atoms with E-state index >= 15 is 0 Å². The number of hydrogen-bond acceptors (Lipinski definition) is 6.